The van der Waals surface area contributed by atoms with Crippen molar-refractivity contribution in [3.8, 4) is 16.9 Å². The zero-order valence-corrected chi connectivity index (χ0v) is 17.8. The summed E-state index contributed by atoms with van der Waals surface area (Å²) < 4.78 is 19.2. The zero-order valence-electron chi connectivity index (χ0n) is 17.8. The summed E-state index contributed by atoms with van der Waals surface area (Å²) in [7, 11) is 0. The van der Waals surface area contributed by atoms with Crippen LogP contribution in [0.25, 0.3) is 21.9 Å². The third-order valence-corrected chi connectivity index (χ3v) is 6.48. The molecule has 0 unspecified atom stereocenters. The van der Waals surface area contributed by atoms with E-state index in [-0.39, 0.29) is 23.2 Å². The van der Waals surface area contributed by atoms with Crippen molar-refractivity contribution in [2.24, 2.45) is 0 Å². The van der Waals surface area contributed by atoms with Gasteiger partial charge in [-0.2, -0.15) is 0 Å². The molecule has 0 radical (unpaired) electrons. The Bertz CT molecular complexity index is 1250. The van der Waals surface area contributed by atoms with Crippen LogP contribution in [-0.4, -0.2) is 45.8 Å². The molecule has 0 spiro atoms. The number of rotatable bonds is 5. The molecule has 0 atom stereocenters. The van der Waals surface area contributed by atoms with E-state index in [2.05, 4.69) is 5.32 Å². The van der Waals surface area contributed by atoms with Gasteiger partial charge in [0.1, 0.15) is 22.8 Å². The molecular formula is C25H23FN2O5. The lowest BCUT2D eigenvalue weighted by atomic mass is 9.86. The second-order valence-corrected chi connectivity index (χ2v) is 8.69. The number of ether oxygens (including phenoxy) is 1. The van der Waals surface area contributed by atoms with Gasteiger partial charge in [-0.05, 0) is 67.0 Å². The number of carbonyl (C=O) groups is 2. The number of carboxylic acid groups (broad SMARTS) is 1. The predicted molar refractivity (Wildman–Crippen MR) is 119 cm³/mol. The number of carbonyl (C=O) groups excluding carboxylic acids is 1. The summed E-state index contributed by atoms with van der Waals surface area (Å²) in [6.45, 7) is 1.12. The van der Waals surface area contributed by atoms with Gasteiger partial charge in [-0.25, -0.2) is 14.2 Å². The van der Waals surface area contributed by atoms with Gasteiger partial charge in [0.2, 0.25) is 0 Å². The SMILES string of the molecule is O=C(NC1(C(=O)O)CC1)c1nc(C2CCOCC2)c(-c2ccc(F)cc2)c2ccc(O)cc12. The highest BCUT2D eigenvalue weighted by atomic mass is 19.1. The molecular weight excluding hydrogens is 427 g/mol. The Morgan fingerprint density at radius 1 is 1.06 bits per heavy atom. The number of aromatic nitrogens is 1. The van der Waals surface area contributed by atoms with Gasteiger partial charge >= 0.3 is 5.97 Å². The number of carboxylic acids is 1. The van der Waals surface area contributed by atoms with Crippen LogP contribution in [0.2, 0.25) is 0 Å². The maximum absolute atomic E-state index is 13.7. The molecule has 3 N–H and O–H groups in total. The highest BCUT2D eigenvalue weighted by molar-refractivity contribution is 6.11. The smallest absolute Gasteiger partial charge is 0.329 e. The van der Waals surface area contributed by atoms with Crippen LogP contribution in [0, 0.1) is 5.82 Å². The summed E-state index contributed by atoms with van der Waals surface area (Å²) in [6, 6.07) is 10.8. The van der Waals surface area contributed by atoms with Gasteiger partial charge in [-0.3, -0.25) is 4.79 Å². The third kappa shape index (κ3) is 3.91. The topological polar surface area (TPSA) is 109 Å². The fourth-order valence-electron chi connectivity index (χ4n) is 4.47. The van der Waals surface area contributed by atoms with Gasteiger partial charge in [0.15, 0.2) is 0 Å². The van der Waals surface area contributed by atoms with Gasteiger partial charge < -0.3 is 20.3 Å². The van der Waals surface area contributed by atoms with Crippen molar-refractivity contribution < 1.29 is 28.9 Å². The minimum atomic E-state index is -1.27. The molecule has 1 aromatic heterocycles. The van der Waals surface area contributed by atoms with E-state index in [0.29, 0.717) is 55.4 Å². The van der Waals surface area contributed by atoms with Crippen molar-refractivity contribution in [2.45, 2.75) is 37.1 Å². The average Bonchev–Trinajstić information content (AvgIpc) is 3.60. The first-order chi connectivity index (χ1) is 15.9. The summed E-state index contributed by atoms with van der Waals surface area (Å²) in [4.78, 5) is 29.7. The number of aromatic hydroxyl groups is 1. The van der Waals surface area contributed by atoms with Crippen LogP contribution in [0.5, 0.6) is 5.75 Å². The number of nitrogens with zero attached hydrogens (tertiary/aromatic N) is 1. The fourth-order valence-corrected chi connectivity index (χ4v) is 4.47. The van der Waals surface area contributed by atoms with Crippen molar-refractivity contribution in [3.05, 3.63) is 59.7 Å². The molecule has 33 heavy (non-hydrogen) atoms. The maximum Gasteiger partial charge on any atom is 0.329 e. The van der Waals surface area contributed by atoms with Crippen LogP contribution < -0.4 is 5.32 Å². The van der Waals surface area contributed by atoms with E-state index in [1.165, 1.54) is 24.3 Å². The number of phenolic OH excluding ortho intramolecular Hbond substituents is 1. The minimum absolute atomic E-state index is 0.0120. The van der Waals surface area contributed by atoms with Crippen LogP contribution >= 0.6 is 0 Å². The molecule has 1 saturated heterocycles. The molecule has 3 aromatic rings. The third-order valence-electron chi connectivity index (χ3n) is 6.48. The van der Waals surface area contributed by atoms with Gasteiger partial charge in [-0.1, -0.05) is 12.1 Å². The highest BCUT2D eigenvalue weighted by Crippen LogP contribution is 2.41. The Labute approximate surface area is 189 Å². The molecule has 7 nitrogen and oxygen atoms in total. The Balaban J connectivity index is 1.73. The number of phenols is 1. The second-order valence-electron chi connectivity index (χ2n) is 8.69. The monoisotopic (exact) mass is 450 g/mol. The summed E-state index contributed by atoms with van der Waals surface area (Å²) in [6.07, 6.45) is 2.14. The van der Waals surface area contributed by atoms with Gasteiger partial charge in [-0.15, -0.1) is 0 Å². The molecule has 2 aliphatic rings. The van der Waals surface area contributed by atoms with E-state index < -0.39 is 17.4 Å². The minimum Gasteiger partial charge on any atom is -0.508 e. The molecule has 1 aliphatic carbocycles. The van der Waals surface area contributed by atoms with E-state index in [9.17, 15) is 24.2 Å². The van der Waals surface area contributed by atoms with Crippen LogP contribution in [0.1, 0.15) is 47.8 Å². The van der Waals surface area contributed by atoms with E-state index in [0.717, 1.165) is 11.1 Å². The van der Waals surface area contributed by atoms with Crippen molar-refractivity contribution in [2.75, 3.05) is 13.2 Å². The summed E-state index contributed by atoms with van der Waals surface area (Å²) in [5.41, 5.74) is 1.01. The fraction of sp³-hybridized carbons (Fsp3) is 0.320. The van der Waals surface area contributed by atoms with Crippen LogP contribution in [0.3, 0.4) is 0 Å². The normalized spacial score (nSPS) is 17.6. The van der Waals surface area contributed by atoms with Gasteiger partial charge in [0.05, 0.1) is 5.69 Å². The number of halogens is 1. The molecule has 1 saturated carbocycles. The second kappa shape index (κ2) is 8.12. The molecule has 170 valence electrons. The number of nitrogens with one attached hydrogen (secondary N) is 1. The largest absolute Gasteiger partial charge is 0.508 e. The summed E-state index contributed by atoms with van der Waals surface area (Å²) >= 11 is 0. The lowest BCUT2D eigenvalue weighted by Crippen LogP contribution is -2.43. The van der Waals surface area contributed by atoms with Gasteiger partial charge in [0.25, 0.3) is 5.91 Å². The number of pyridine rings is 1. The van der Waals surface area contributed by atoms with E-state index in [1.54, 1.807) is 18.2 Å². The van der Waals surface area contributed by atoms with Crippen molar-refractivity contribution in [1.82, 2.24) is 10.3 Å². The standard InChI is InChI=1S/C25H23FN2O5/c26-16-3-1-14(2-4-16)20-18-6-5-17(29)13-19(18)22(23(30)28-25(9-10-25)24(31)32)27-21(20)15-7-11-33-12-8-15/h1-6,13,15,29H,7-12H2,(H,28,30)(H,31,32). The van der Waals surface area contributed by atoms with Crippen LogP contribution in [0.4, 0.5) is 4.39 Å². The highest BCUT2D eigenvalue weighted by Gasteiger charge is 2.52. The molecule has 1 aliphatic heterocycles. The van der Waals surface area contributed by atoms with Crippen molar-refractivity contribution in [3.63, 3.8) is 0 Å². The Morgan fingerprint density at radius 2 is 1.76 bits per heavy atom. The molecule has 2 heterocycles. The number of amides is 1. The lowest BCUT2D eigenvalue weighted by molar-refractivity contribution is -0.140. The van der Waals surface area contributed by atoms with E-state index >= 15 is 0 Å². The number of fused-ring (bicyclic) bond motifs is 1. The first kappa shape index (κ1) is 21.3. The molecule has 0 bridgehead atoms. The van der Waals surface area contributed by atoms with Crippen LogP contribution in [0.15, 0.2) is 42.5 Å². The van der Waals surface area contributed by atoms with E-state index in [4.69, 9.17) is 9.72 Å². The quantitative estimate of drug-likeness (QED) is 0.543. The number of aliphatic carboxylic acids is 1. The first-order valence-electron chi connectivity index (χ1n) is 10.9. The first-order valence-corrected chi connectivity index (χ1v) is 10.9. The Morgan fingerprint density at radius 3 is 2.39 bits per heavy atom. The Kier molecular flexibility index (Phi) is 5.25. The summed E-state index contributed by atoms with van der Waals surface area (Å²) in [5.74, 6) is -2.06. The number of hydrogen-bond donors (Lipinski definition) is 3. The molecule has 5 rings (SSSR count). The average molecular weight is 450 g/mol. The predicted octanol–water partition coefficient (Wildman–Crippen LogP) is 3.99. The molecule has 2 fully saturated rings. The summed E-state index contributed by atoms with van der Waals surface area (Å²) in [5, 5.41) is 23.4. The molecule has 1 amide bonds. The maximum atomic E-state index is 13.7. The number of benzene rings is 2. The Hall–Kier alpha value is -3.52. The zero-order chi connectivity index (χ0) is 23.2. The van der Waals surface area contributed by atoms with E-state index in [1.807, 2.05) is 0 Å². The lowest BCUT2D eigenvalue weighted by Gasteiger charge is -2.26. The molecule has 8 heteroatoms. The van der Waals surface area contributed by atoms with Gasteiger partial charge in [0, 0.05) is 30.1 Å². The number of hydrogen-bond acceptors (Lipinski definition) is 5. The van der Waals surface area contributed by atoms with Crippen LogP contribution in [-0.2, 0) is 9.53 Å². The van der Waals surface area contributed by atoms with Crippen molar-refractivity contribution >= 4 is 22.6 Å². The van der Waals surface area contributed by atoms with Crippen molar-refractivity contribution in [1.29, 1.82) is 0 Å². The molecule has 2 aromatic carbocycles.